The van der Waals surface area contributed by atoms with Gasteiger partial charge in [0.1, 0.15) is 6.07 Å². The molecule has 0 unspecified atom stereocenters. The molecule has 1 aliphatic carbocycles. The minimum atomic E-state index is -4.52. The first kappa shape index (κ1) is 28.2. The molecule has 0 radical (unpaired) electrons. The van der Waals surface area contributed by atoms with Crippen molar-refractivity contribution in [3.05, 3.63) is 83.0 Å². The van der Waals surface area contributed by atoms with Crippen LogP contribution >= 0.6 is 0 Å². The highest BCUT2D eigenvalue weighted by molar-refractivity contribution is 5.89. The van der Waals surface area contributed by atoms with Crippen LogP contribution in [0.1, 0.15) is 60.3 Å². The van der Waals surface area contributed by atoms with Gasteiger partial charge < -0.3 is 15.1 Å². The molecule has 42 heavy (non-hydrogen) atoms. The molecule has 218 valence electrons. The van der Waals surface area contributed by atoms with Gasteiger partial charge in [0.2, 0.25) is 5.91 Å². The van der Waals surface area contributed by atoms with Crippen LogP contribution in [-0.4, -0.2) is 55.1 Å². The number of aromatic nitrogens is 1. The number of hydrogen-bond donors (Lipinski definition) is 1. The molecule has 3 fully saturated rings. The molecule has 0 spiro atoms. The van der Waals surface area contributed by atoms with Gasteiger partial charge in [0, 0.05) is 37.4 Å². The second-order valence-corrected chi connectivity index (χ2v) is 11.9. The van der Waals surface area contributed by atoms with Crippen LogP contribution in [0.2, 0.25) is 0 Å². The minimum Gasteiger partial charge on any atom is -0.370 e. The molecule has 6 rings (SSSR count). The summed E-state index contributed by atoms with van der Waals surface area (Å²) >= 11 is 0. The molecule has 3 heterocycles. The molecule has 3 aromatic rings. The lowest BCUT2D eigenvalue weighted by Crippen LogP contribution is -2.54. The van der Waals surface area contributed by atoms with Gasteiger partial charge in [-0.1, -0.05) is 30.3 Å². The number of alkyl halides is 3. The fourth-order valence-corrected chi connectivity index (χ4v) is 6.55. The maximum absolute atomic E-state index is 14.1. The van der Waals surface area contributed by atoms with Crippen molar-refractivity contribution >= 4 is 11.6 Å². The summed E-state index contributed by atoms with van der Waals surface area (Å²) < 4.78 is 39.8. The van der Waals surface area contributed by atoms with E-state index in [0.29, 0.717) is 37.5 Å². The van der Waals surface area contributed by atoms with Crippen molar-refractivity contribution in [1.29, 1.82) is 5.26 Å². The van der Waals surface area contributed by atoms with Gasteiger partial charge in [0.05, 0.1) is 27.9 Å². The van der Waals surface area contributed by atoms with Gasteiger partial charge in [-0.15, -0.1) is 0 Å². The Morgan fingerprint density at radius 2 is 1.81 bits per heavy atom. The average Bonchev–Trinajstić information content (AvgIpc) is 3.77. The Bertz CT molecular complexity index is 1500. The summed E-state index contributed by atoms with van der Waals surface area (Å²) in [7, 11) is 2.04. The second-order valence-electron chi connectivity index (χ2n) is 11.9. The van der Waals surface area contributed by atoms with Crippen LogP contribution in [0.3, 0.4) is 0 Å². The highest BCUT2D eigenvalue weighted by Gasteiger charge is 2.45. The van der Waals surface area contributed by atoms with E-state index in [1.807, 2.05) is 42.4 Å². The Labute approximate surface area is 244 Å². The number of carbonyl (C=O) groups is 1. The third kappa shape index (κ3) is 5.48. The van der Waals surface area contributed by atoms with Crippen LogP contribution < -0.4 is 10.2 Å². The van der Waals surface area contributed by atoms with E-state index in [1.54, 1.807) is 0 Å². The summed E-state index contributed by atoms with van der Waals surface area (Å²) in [6.45, 7) is 2.56. The largest absolute Gasteiger partial charge is 0.416 e. The molecule has 1 aromatic heterocycles. The zero-order chi connectivity index (χ0) is 29.5. The fraction of sp³-hybridized carbons (Fsp3) is 0.424. The first-order valence-corrected chi connectivity index (χ1v) is 14.6. The van der Waals surface area contributed by atoms with Gasteiger partial charge in [-0.05, 0) is 87.0 Å². The number of pyridine rings is 1. The van der Waals surface area contributed by atoms with Crippen LogP contribution in [0.4, 0.5) is 18.9 Å². The van der Waals surface area contributed by atoms with Gasteiger partial charge in [-0.25, -0.2) is 0 Å². The Morgan fingerprint density at radius 3 is 2.43 bits per heavy atom. The zero-order valence-corrected chi connectivity index (χ0v) is 23.6. The molecule has 1 N–H and O–H groups in total. The number of benzene rings is 2. The van der Waals surface area contributed by atoms with Gasteiger partial charge in [-0.2, -0.15) is 18.4 Å². The van der Waals surface area contributed by atoms with Crippen molar-refractivity contribution in [3.8, 4) is 17.3 Å². The predicted octanol–water partition coefficient (Wildman–Crippen LogP) is 5.87. The van der Waals surface area contributed by atoms with Gasteiger partial charge >= 0.3 is 6.18 Å². The van der Waals surface area contributed by atoms with Crippen molar-refractivity contribution in [2.24, 2.45) is 0 Å². The third-order valence-corrected chi connectivity index (χ3v) is 9.13. The van der Waals surface area contributed by atoms with Crippen molar-refractivity contribution in [2.45, 2.75) is 55.7 Å². The first-order valence-electron chi connectivity index (χ1n) is 14.6. The number of nitrogens with one attached hydrogen (secondary N) is 1. The topological polar surface area (TPSA) is 72.3 Å². The molecule has 3 aliphatic rings. The Kier molecular flexibility index (Phi) is 7.44. The van der Waals surface area contributed by atoms with Crippen molar-refractivity contribution in [1.82, 2.24) is 15.2 Å². The molecule has 9 heteroatoms. The molecule has 1 atom stereocenters. The molecule has 2 aromatic carbocycles. The maximum Gasteiger partial charge on any atom is 0.416 e. The molecule has 1 amide bonds. The summed E-state index contributed by atoms with van der Waals surface area (Å²) in [5.74, 6) is 0.542. The number of likely N-dealkylation sites (N-methyl/N-ethyl adjacent to an activating group) is 1. The lowest BCUT2D eigenvalue weighted by atomic mass is 9.72. The van der Waals surface area contributed by atoms with E-state index >= 15 is 0 Å². The third-order valence-electron chi connectivity index (χ3n) is 9.13. The SMILES string of the molecule is CN1CC[C@H](NC(=O)C2(c3ccc(-c4ccccc4C4CC4)nc3)CCN(c3ccc(C(F)(F)F)cc3C#N)CC2)C1. The van der Waals surface area contributed by atoms with Crippen molar-refractivity contribution < 1.29 is 18.0 Å². The van der Waals surface area contributed by atoms with Crippen LogP contribution in [-0.2, 0) is 16.4 Å². The number of halogens is 3. The molecule has 6 nitrogen and oxygen atoms in total. The summed E-state index contributed by atoms with van der Waals surface area (Å²) in [6.07, 6.45) is 1.48. The zero-order valence-electron chi connectivity index (χ0n) is 23.6. The maximum atomic E-state index is 14.1. The molecular formula is C33H34F3N5O. The number of carbonyl (C=O) groups excluding carboxylic acids is 1. The van der Waals surface area contributed by atoms with E-state index in [4.69, 9.17) is 4.98 Å². The summed E-state index contributed by atoms with van der Waals surface area (Å²) in [6, 6.07) is 17.7. The standard InChI is InChI=1S/C33H34F3N5O/c1-40-15-12-26(21-40)39-31(42)32(25-8-10-29(38-20-25)28-5-3-2-4-27(28)22-6-7-22)13-16-41(17-14-32)30-11-9-24(33(34,35)36)18-23(30)19-37/h2-5,8-11,18,20,22,26H,6-7,12-17,21H2,1H3,(H,39,42)/t26-/m0/s1. The molecule has 2 saturated heterocycles. The number of rotatable bonds is 6. The van der Waals surface area contributed by atoms with Crippen LogP contribution in [0.25, 0.3) is 11.3 Å². The van der Waals surface area contributed by atoms with Gasteiger partial charge in [0.15, 0.2) is 0 Å². The van der Waals surface area contributed by atoms with Crippen LogP contribution in [0, 0.1) is 11.3 Å². The summed E-state index contributed by atoms with van der Waals surface area (Å²) in [5.41, 5.74) is 2.93. The molecule has 0 bridgehead atoms. The quantitative estimate of drug-likeness (QED) is 0.399. The monoisotopic (exact) mass is 573 g/mol. The number of nitrogens with zero attached hydrogens (tertiary/aromatic N) is 4. The fourth-order valence-electron chi connectivity index (χ4n) is 6.55. The molecular weight excluding hydrogens is 539 g/mol. The Hall–Kier alpha value is -3.90. The predicted molar refractivity (Wildman–Crippen MR) is 155 cm³/mol. The van der Waals surface area contributed by atoms with E-state index < -0.39 is 17.2 Å². The number of piperidine rings is 1. The van der Waals surface area contributed by atoms with Gasteiger partial charge in [0.25, 0.3) is 0 Å². The van der Waals surface area contributed by atoms with Crippen LogP contribution in [0.5, 0.6) is 0 Å². The van der Waals surface area contributed by atoms with E-state index in [-0.39, 0.29) is 17.5 Å². The Morgan fingerprint density at radius 1 is 1.05 bits per heavy atom. The second kappa shape index (κ2) is 11.1. The molecule has 1 saturated carbocycles. The van der Waals surface area contributed by atoms with E-state index in [2.05, 4.69) is 28.4 Å². The van der Waals surface area contributed by atoms with E-state index in [1.165, 1.54) is 24.5 Å². The minimum absolute atomic E-state index is 0.0175. The number of hydrogen-bond acceptors (Lipinski definition) is 5. The average molecular weight is 574 g/mol. The number of anilines is 1. The molecule has 2 aliphatic heterocycles. The number of likely N-dealkylation sites (tertiary alicyclic amines) is 1. The van der Waals surface area contributed by atoms with E-state index in [9.17, 15) is 23.2 Å². The smallest absolute Gasteiger partial charge is 0.370 e. The first-order chi connectivity index (χ1) is 20.2. The lowest BCUT2D eigenvalue weighted by molar-refractivity contribution is -0.137. The summed E-state index contributed by atoms with van der Waals surface area (Å²) in [4.78, 5) is 23.0. The Balaban J connectivity index is 1.29. The highest BCUT2D eigenvalue weighted by Crippen LogP contribution is 2.45. The van der Waals surface area contributed by atoms with Crippen molar-refractivity contribution in [3.63, 3.8) is 0 Å². The van der Waals surface area contributed by atoms with E-state index in [0.717, 1.165) is 48.5 Å². The van der Waals surface area contributed by atoms with Crippen molar-refractivity contribution in [2.75, 3.05) is 38.1 Å². The lowest BCUT2D eigenvalue weighted by Gasteiger charge is -2.42. The van der Waals surface area contributed by atoms with Crippen LogP contribution in [0.15, 0.2) is 60.8 Å². The van der Waals surface area contributed by atoms with Gasteiger partial charge in [-0.3, -0.25) is 9.78 Å². The number of nitriles is 1. The highest BCUT2D eigenvalue weighted by atomic mass is 19.4. The summed E-state index contributed by atoms with van der Waals surface area (Å²) in [5, 5.41) is 12.9. The number of amides is 1. The normalized spacial score (nSPS) is 20.7.